The molecule has 0 radical (unpaired) electrons. The van der Waals surface area contributed by atoms with Crippen LogP contribution in [-0.2, 0) is 22.9 Å². The average molecular weight is 405 g/mol. The molecule has 3 N–H and O–H groups in total. The molecule has 1 aromatic heterocycles. The van der Waals surface area contributed by atoms with Crippen molar-refractivity contribution in [2.75, 3.05) is 19.0 Å². The van der Waals surface area contributed by atoms with E-state index in [0.717, 1.165) is 34.3 Å². The zero-order valence-corrected chi connectivity index (χ0v) is 16.4. The molecule has 142 valence electrons. The summed E-state index contributed by atoms with van der Waals surface area (Å²) in [5, 5.41) is 9.10. The molecule has 3 rings (SSSR count). The first-order valence-electron chi connectivity index (χ1n) is 8.25. The summed E-state index contributed by atoms with van der Waals surface area (Å²) in [5.41, 5.74) is 2.10. The number of hydrogen-bond donors (Lipinski definition) is 2. The van der Waals surface area contributed by atoms with Crippen molar-refractivity contribution in [1.29, 1.82) is 0 Å². The largest absolute Gasteiger partial charge is 0.497 e. The number of hydrogen-bond acceptors (Lipinski definition) is 7. The molecular formula is C18H20N4O3S2. The summed E-state index contributed by atoms with van der Waals surface area (Å²) in [6, 6.07) is 14.4. The minimum Gasteiger partial charge on any atom is -0.497 e. The monoisotopic (exact) mass is 404 g/mol. The highest BCUT2D eigenvalue weighted by atomic mass is 32.2. The smallest absolute Gasteiger partial charge is 0.238 e. The second kappa shape index (κ2) is 8.47. The average Bonchev–Trinajstić information content (AvgIpc) is 3.09. The van der Waals surface area contributed by atoms with Gasteiger partial charge in [-0.25, -0.2) is 18.5 Å². The Bertz CT molecular complexity index is 1000. The van der Waals surface area contributed by atoms with Gasteiger partial charge in [0.25, 0.3) is 0 Å². The van der Waals surface area contributed by atoms with Gasteiger partial charge in [0.05, 0.1) is 12.0 Å². The number of ether oxygens (including phenoxy) is 1. The fraction of sp³-hybridized carbons (Fsp3) is 0.222. The van der Waals surface area contributed by atoms with Crippen molar-refractivity contribution in [2.45, 2.75) is 17.7 Å². The number of anilines is 1. The molecule has 0 aliphatic rings. The summed E-state index contributed by atoms with van der Waals surface area (Å²) in [5.74, 6) is 1.57. The summed E-state index contributed by atoms with van der Waals surface area (Å²) in [6.07, 6.45) is 1.38. The van der Waals surface area contributed by atoms with Gasteiger partial charge in [0.1, 0.15) is 11.6 Å². The van der Waals surface area contributed by atoms with Crippen molar-refractivity contribution >= 4 is 26.7 Å². The number of rotatable bonds is 8. The number of primary sulfonamides is 1. The number of benzene rings is 2. The van der Waals surface area contributed by atoms with Crippen molar-refractivity contribution in [3.8, 4) is 5.75 Å². The molecule has 0 bridgehead atoms. The minimum absolute atomic E-state index is 0.116. The molecule has 1 heterocycles. The summed E-state index contributed by atoms with van der Waals surface area (Å²) in [7, 11) is -2.01. The number of methoxy groups -OCH3 is 1. The predicted molar refractivity (Wildman–Crippen MR) is 106 cm³/mol. The van der Waals surface area contributed by atoms with Gasteiger partial charge in [0, 0.05) is 24.5 Å². The van der Waals surface area contributed by atoms with Crippen LogP contribution in [0, 0.1) is 0 Å². The number of sulfonamides is 1. The summed E-state index contributed by atoms with van der Waals surface area (Å²) >= 11 is 1.32. The van der Waals surface area contributed by atoms with Gasteiger partial charge in [-0.2, -0.15) is 4.37 Å². The van der Waals surface area contributed by atoms with E-state index in [1.165, 1.54) is 23.7 Å². The molecule has 0 amide bonds. The van der Waals surface area contributed by atoms with Crippen LogP contribution < -0.4 is 15.2 Å². The zero-order valence-electron chi connectivity index (χ0n) is 14.8. The fourth-order valence-electron chi connectivity index (χ4n) is 2.52. The van der Waals surface area contributed by atoms with E-state index in [4.69, 9.17) is 9.88 Å². The Labute approximate surface area is 162 Å². The minimum atomic E-state index is -3.65. The van der Waals surface area contributed by atoms with E-state index in [2.05, 4.69) is 14.7 Å². The standard InChI is InChI=1S/C18H20N4O3S2/c1-25-15-4-2-3-14(11-15)12-17-21-18(26-22-17)20-10-9-13-5-7-16(8-6-13)27(19,23)24/h2-8,11H,9-10,12H2,1H3,(H2,19,23,24)(H,20,21,22). The van der Waals surface area contributed by atoms with Crippen LogP contribution in [0.1, 0.15) is 17.0 Å². The highest BCUT2D eigenvalue weighted by molar-refractivity contribution is 7.89. The number of nitrogens with two attached hydrogens (primary N) is 1. The van der Waals surface area contributed by atoms with Crippen LogP contribution >= 0.6 is 11.5 Å². The Morgan fingerprint density at radius 2 is 1.93 bits per heavy atom. The third kappa shape index (κ3) is 5.49. The quantitative estimate of drug-likeness (QED) is 0.597. The van der Waals surface area contributed by atoms with Crippen molar-refractivity contribution < 1.29 is 13.2 Å². The normalized spacial score (nSPS) is 11.3. The van der Waals surface area contributed by atoms with Crippen LogP contribution in [0.5, 0.6) is 5.75 Å². The molecule has 7 nitrogen and oxygen atoms in total. The second-order valence-electron chi connectivity index (χ2n) is 5.91. The van der Waals surface area contributed by atoms with Crippen molar-refractivity contribution in [1.82, 2.24) is 9.36 Å². The molecule has 2 aromatic carbocycles. The zero-order chi connectivity index (χ0) is 19.3. The van der Waals surface area contributed by atoms with Crippen LogP contribution in [-0.4, -0.2) is 31.4 Å². The van der Waals surface area contributed by atoms with Gasteiger partial charge in [-0.1, -0.05) is 24.3 Å². The highest BCUT2D eigenvalue weighted by Crippen LogP contribution is 2.18. The van der Waals surface area contributed by atoms with Crippen molar-refractivity contribution in [2.24, 2.45) is 5.14 Å². The molecule has 0 aliphatic carbocycles. The Balaban J connectivity index is 1.52. The Morgan fingerprint density at radius 1 is 1.15 bits per heavy atom. The topological polar surface area (TPSA) is 107 Å². The highest BCUT2D eigenvalue weighted by Gasteiger charge is 2.08. The second-order valence-corrected chi connectivity index (χ2v) is 8.22. The molecule has 0 atom stereocenters. The number of nitrogens with zero attached hydrogens (tertiary/aromatic N) is 2. The molecule has 0 spiro atoms. The van der Waals surface area contributed by atoms with E-state index >= 15 is 0 Å². The molecular weight excluding hydrogens is 384 g/mol. The Morgan fingerprint density at radius 3 is 2.63 bits per heavy atom. The van der Waals surface area contributed by atoms with Gasteiger partial charge < -0.3 is 10.1 Å². The molecule has 9 heteroatoms. The first kappa shape index (κ1) is 19.3. The Kier molecular flexibility index (Phi) is 6.04. The van der Waals surface area contributed by atoms with Crippen LogP contribution in [0.15, 0.2) is 53.4 Å². The van der Waals surface area contributed by atoms with E-state index in [1.54, 1.807) is 19.2 Å². The Hall–Kier alpha value is -2.49. The van der Waals surface area contributed by atoms with E-state index in [0.29, 0.717) is 13.0 Å². The summed E-state index contributed by atoms with van der Waals surface area (Å²) in [4.78, 5) is 4.61. The van der Waals surface area contributed by atoms with Gasteiger partial charge in [0.15, 0.2) is 0 Å². The van der Waals surface area contributed by atoms with E-state index in [-0.39, 0.29) is 4.90 Å². The van der Waals surface area contributed by atoms with Gasteiger partial charge in [0.2, 0.25) is 15.2 Å². The van der Waals surface area contributed by atoms with Crippen LogP contribution in [0.4, 0.5) is 5.13 Å². The van der Waals surface area contributed by atoms with E-state index < -0.39 is 10.0 Å². The molecule has 0 saturated heterocycles. The van der Waals surface area contributed by atoms with Crippen LogP contribution in [0.2, 0.25) is 0 Å². The van der Waals surface area contributed by atoms with Gasteiger partial charge in [-0.05, 0) is 41.8 Å². The van der Waals surface area contributed by atoms with Gasteiger partial charge in [-0.15, -0.1) is 0 Å². The number of nitrogens with one attached hydrogen (secondary N) is 1. The predicted octanol–water partition coefficient (Wildman–Crippen LogP) is 2.44. The van der Waals surface area contributed by atoms with Crippen LogP contribution in [0.3, 0.4) is 0 Å². The lowest BCUT2D eigenvalue weighted by molar-refractivity contribution is 0.414. The lowest BCUT2D eigenvalue weighted by atomic mass is 10.1. The van der Waals surface area contributed by atoms with Crippen molar-refractivity contribution in [3.63, 3.8) is 0 Å². The number of aromatic nitrogens is 2. The van der Waals surface area contributed by atoms with E-state index in [9.17, 15) is 8.42 Å². The molecule has 0 unspecified atom stereocenters. The maximum Gasteiger partial charge on any atom is 0.238 e. The van der Waals surface area contributed by atoms with Crippen LogP contribution in [0.25, 0.3) is 0 Å². The third-order valence-corrected chi connectivity index (χ3v) is 5.55. The molecule has 0 fully saturated rings. The fourth-order valence-corrected chi connectivity index (χ4v) is 3.65. The lowest BCUT2D eigenvalue weighted by Gasteiger charge is -2.04. The molecule has 0 saturated carbocycles. The third-order valence-electron chi connectivity index (χ3n) is 3.91. The SMILES string of the molecule is COc1cccc(Cc2nsc(NCCc3ccc(S(N)(=O)=O)cc3)n2)c1. The summed E-state index contributed by atoms with van der Waals surface area (Å²) < 4.78 is 32.1. The molecule has 0 aliphatic heterocycles. The van der Waals surface area contributed by atoms with Gasteiger partial charge in [-0.3, -0.25) is 0 Å². The maximum absolute atomic E-state index is 11.3. The molecule has 27 heavy (non-hydrogen) atoms. The first-order chi connectivity index (χ1) is 12.9. The maximum atomic E-state index is 11.3. The van der Waals surface area contributed by atoms with E-state index in [1.807, 2.05) is 24.3 Å². The lowest BCUT2D eigenvalue weighted by Crippen LogP contribution is -2.12. The first-order valence-corrected chi connectivity index (χ1v) is 10.6. The molecule has 3 aromatic rings. The van der Waals surface area contributed by atoms with Crippen molar-refractivity contribution in [3.05, 3.63) is 65.5 Å². The summed E-state index contributed by atoms with van der Waals surface area (Å²) in [6.45, 7) is 0.669. The van der Waals surface area contributed by atoms with Gasteiger partial charge >= 0.3 is 0 Å².